The highest BCUT2D eigenvalue weighted by Crippen LogP contribution is 2.24. The van der Waals surface area contributed by atoms with Gasteiger partial charge < -0.3 is 0 Å². The van der Waals surface area contributed by atoms with Crippen LogP contribution in [0.2, 0.25) is 5.02 Å². The van der Waals surface area contributed by atoms with Crippen molar-refractivity contribution >= 4 is 57.1 Å². The predicted octanol–water partition coefficient (Wildman–Crippen LogP) is 3.77. The van der Waals surface area contributed by atoms with Crippen LogP contribution in [0.15, 0.2) is 58.6 Å². The summed E-state index contributed by atoms with van der Waals surface area (Å²) in [5.74, 6) is -1.43. The SMILES string of the molecule is O=C1NC(=O)N(c2ccc(Br)cc2)C(=O)/C1=C\c1cccc(Cl)c1. The summed E-state index contributed by atoms with van der Waals surface area (Å²) in [5.41, 5.74) is 0.816. The summed E-state index contributed by atoms with van der Waals surface area (Å²) in [6, 6.07) is 12.6. The second kappa shape index (κ2) is 6.59. The van der Waals surface area contributed by atoms with Gasteiger partial charge in [-0.2, -0.15) is 0 Å². The van der Waals surface area contributed by atoms with Crippen molar-refractivity contribution in [3.05, 3.63) is 69.2 Å². The Balaban J connectivity index is 2.01. The van der Waals surface area contributed by atoms with Crippen molar-refractivity contribution in [1.29, 1.82) is 0 Å². The van der Waals surface area contributed by atoms with Gasteiger partial charge in [0.15, 0.2) is 0 Å². The molecule has 120 valence electrons. The molecular formula is C17H10BrClN2O3. The Bertz CT molecular complexity index is 878. The lowest BCUT2D eigenvalue weighted by atomic mass is 10.1. The van der Waals surface area contributed by atoms with Crippen LogP contribution < -0.4 is 10.2 Å². The van der Waals surface area contributed by atoms with Crippen molar-refractivity contribution in [2.45, 2.75) is 0 Å². The van der Waals surface area contributed by atoms with Gasteiger partial charge in [-0.1, -0.05) is 39.7 Å². The third kappa shape index (κ3) is 3.25. The summed E-state index contributed by atoms with van der Waals surface area (Å²) >= 11 is 9.20. The Hall–Kier alpha value is -2.44. The van der Waals surface area contributed by atoms with E-state index in [-0.39, 0.29) is 5.57 Å². The lowest BCUT2D eigenvalue weighted by Crippen LogP contribution is -2.54. The zero-order valence-electron chi connectivity index (χ0n) is 12.1. The molecule has 1 aliphatic rings. The summed E-state index contributed by atoms with van der Waals surface area (Å²) < 4.78 is 0.807. The van der Waals surface area contributed by atoms with E-state index in [9.17, 15) is 14.4 Å². The van der Waals surface area contributed by atoms with Crippen LogP contribution in [0.25, 0.3) is 6.08 Å². The van der Waals surface area contributed by atoms with Gasteiger partial charge in [0.25, 0.3) is 11.8 Å². The van der Waals surface area contributed by atoms with Gasteiger partial charge in [-0.05, 0) is 48.0 Å². The average molecular weight is 406 g/mol. The van der Waals surface area contributed by atoms with Gasteiger partial charge in [0.05, 0.1) is 5.69 Å². The molecule has 1 saturated heterocycles. The third-order valence-electron chi connectivity index (χ3n) is 3.35. The maximum Gasteiger partial charge on any atom is 0.335 e. The molecule has 5 nitrogen and oxygen atoms in total. The highest BCUT2D eigenvalue weighted by molar-refractivity contribution is 9.10. The molecule has 0 radical (unpaired) electrons. The molecule has 1 N–H and O–H groups in total. The van der Waals surface area contributed by atoms with Gasteiger partial charge in [0.1, 0.15) is 5.57 Å². The topological polar surface area (TPSA) is 66.5 Å². The second-order valence-electron chi connectivity index (χ2n) is 4.99. The van der Waals surface area contributed by atoms with Gasteiger partial charge in [-0.3, -0.25) is 14.9 Å². The lowest BCUT2D eigenvalue weighted by molar-refractivity contribution is -0.122. The number of anilines is 1. The van der Waals surface area contributed by atoms with E-state index >= 15 is 0 Å². The molecule has 0 atom stereocenters. The van der Waals surface area contributed by atoms with Gasteiger partial charge in [-0.25, -0.2) is 9.69 Å². The molecule has 0 unspecified atom stereocenters. The first-order valence-electron chi connectivity index (χ1n) is 6.88. The summed E-state index contributed by atoms with van der Waals surface area (Å²) in [6.45, 7) is 0. The van der Waals surface area contributed by atoms with Crippen LogP contribution in [-0.4, -0.2) is 17.8 Å². The van der Waals surface area contributed by atoms with E-state index in [4.69, 9.17) is 11.6 Å². The molecular weight excluding hydrogens is 396 g/mol. The highest BCUT2D eigenvalue weighted by Gasteiger charge is 2.36. The summed E-state index contributed by atoms with van der Waals surface area (Å²) in [7, 11) is 0. The minimum atomic E-state index is -0.782. The zero-order chi connectivity index (χ0) is 17.3. The molecule has 4 amide bonds. The number of imide groups is 2. The first-order chi connectivity index (χ1) is 11.5. The number of rotatable bonds is 2. The number of hydrogen-bond acceptors (Lipinski definition) is 3. The number of benzene rings is 2. The molecule has 0 bridgehead atoms. The van der Waals surface area contributed by atoms with Crippen molar-refractivity contribution in [2.75, 3.05) is 4.90 Å². The van der Waals surface area contributed by atoms with E-state index in [0.29, 0.717) is 16.3 Å². The normalized spacial score (nSPS) is 16.5. The molecule has 0 spiro atoms. The number of halogens is 2. The summed E-state index contributed by atoms with van der Waals surface area (Å²) in [6.07, 6.45) is 1.40. The van der Waals surface area contributed by atoms with Gasteiger partial charge in [-0.15, -0.1) is 0 Å². The highest BCUT2D eigenvalue weighted by atomic mass is 79.9. The van der Waals surface area contributed by atoms with Crippen LogP contribution in [0.3, 0.4) is 0 Å². The number of urea groups is 1. The molecule has 0 aliphatic carbocycles. The number of carbonyl (C=O) groups excluding carboxylic acids is 3. The largest absolute Gasteiger partial charge is 0.335 e. The van der Waals surface area contributed by atoms with Crippen molar-refractivity contribution in [3.63, 3.8) is 0 Å². The summed E-state index contributed by atoms with van der Waals surface area (Å²) in [5, 5.41) is 2.65. The monoisotopic (exact) mass is 404 g/mol. The first kappa shape index (κ1) is 16.4. The fraction of sp³-hybridized carbons (Fsp3) is 0. The van der Waals surface area contributed by atoms with E-state index in [2.05, 4.69) is 21.2 Å². The molecule has 0 saturated carbocycles. The number of nitrogens with zero attached hydrogens (tertiary/aromatic N) is 1. The number of nitrogens with one attached hydrogen (secondary N) is 1. The molecule has 7 heteroatoms. The summed E-state index contributed by atoms with van der Waals surface area (Å²) in [4.78, 5) is 37.7. The van der Waals surface area contributed by atoms with E-state index in [1.54, 1.807) is 48.5 Å². The molecule has 0 aromatic heterocycles. The van der Waals surface area contributed by atoms with E-state index in [1.807, 2.05) is 0 Å². The molecule has 1 aliphatic heterocycles. The van der Waals surface area contributed by atoms with Crippen LogP contribution in [0.5, 0.6) is 0 Å². The van der Waals surface area contributed by atoms with E-state index < -0.39 is 17.8 Å². The number of amides is 4. The maximum atomic E-state index is 12.7. The van der Waals surface area contributed by atoms with Gasteiger partial charge >= 0.3 is 6.03 Å². The van der Waals surface area contributed by atoms with Crippen molar-refractivity contribution < 1.29 is 14.4 Å². The Labute approximate surface area is 151 Å². The Kier molecular flexibility index (Phi) is 4.51. The molecule has 3 rings (SSSR count). The maximum absolute atomic E-state index is 12.7. The molecule has 1 fully saturated rings. The smallest absolute Gasteiger partial charge is 0.273 e. The van der Waals surface area contributed by atoms with Crippen LogP contribution in [0.1, 0.15) is 5.56 Å². The van der Waals surface area contributed by atoms with E-state index in [0.717, 1.165) is 9.37 Å². The number of barbiturate groups is 1. The second-order valence-corrected chi connectivity index (χ2v) is 6.34. The fourth-order valence-electron chi connectivity index (χ4n) is 2.25. The Morgan fingerprint density at radius 2 is 1.75 bits per heavy atom. The lowest BCUT2D eigenvalue weighted by Gasteiger charge is -2.26. The third-order valence-corrected chi connectivity index (χ3v) is 4.11. The van der Waals surface area contributed by atoms with Gasteiger partial charge in [0.2, 0.25) is 0 Å². The quantitative estimate of drug-likeness (QED) is 0.611. The number of hydrogen-bond donors (Lipinski definition) is 1. The molecule has 2 aromatic rings. The van der Waals surface area contributed by atoms with Crippen molar-refractivity contribution in [2.24, 2.45) is 0 Å². The first-order valence-corrected chi connectivity index (χ1v) is 8.05. The van der Waals surface area contributed by atoms with Gasteiger partial charge in [0, 0.05) is 9.50 Å². The zero-order valence-corrected chi connectivity index (χ0v) is 14.5. The van der Waals surface area contributed by atoms with Crippen LogP contribution in [-0.2, 0) is 9.59 Å². The molecule has 2 aromatic carbocycles. The van der Waals surface area contributed by atoms with Crippen LogP contribution >= 0.6 is 27.5 Å². The average Bonchev–Trinajstić information content (AvgIpc) is 2.53. The van der Waals surface area contributed by atoms with Crippen molar-refractivity contribution in [3.8, 4) is 0 Å². The molecule has 24 heavy (non-hydrogen) atoms. The Morgan fingerprint density at radius 1 is 1.04 bits per heavy atom. The minimum Gasteiger partial charge on any atom is -0.273 e. The Morgan fingerprint density at radius 3 is 2.42 bits per heavy atom. The van der Waals surface area contributed by atoms with Crippen molar-refractivity contribution in [1.82, 2.24) is 5.32 Å². The fourth-order valence-corrected chi connectivity index (χ4v) is 2.71. The van der Waals surface area contributed by atoms with Crippen LogP contribution in [0, 0.1) is 0 Å². The predicted molar refractivity (Wildman–Crippen MR) is 94.6 cm³/mol. The van der Waals surface area contributed by atoms with Crippen LogP contribution in [0.4, 0.5) is 10.5 Å². The standard InChI is InChI=1S/C17H10BrClN2O3/c18-11-4-6-13(7-5-11)21-16(23)14(15(22)20-17(21)24)9-10-2-1-3-12(19)8-10/h1-9H,(H,20,22,24)/b14-9-. The van der Waals surface area contributed by atoms with E-state index in [1.165, 1.54) is 6.08 Å². The minimum absolute atomic E-state index is 0.139. The molecule has 1 heterocycles. The number of carbonyl (C=O) groups is 3.